The molecule has 0 spiro atoms. The number of esters is 2. The minimum absolute atomic E-state index is 0.0437. The van der Waals surface area contributed by atoms with E-state index in [9.17, 15) is 19.0 Å². The number of rotatable bonds is 56. The van der Waals surface area contributed by atoms with Crippen molar-refractivity contribution in [1.82, 2.24) is 0 Å². The summed E-state index contributed by atoms with van der Waals surface area (Å²) in [6.45, 7) is 3.61. The highest BCUT2D eigenvalue weighted by Gasteiger charge is 2.26. The maximum absolute atomic E-state index is 12.7. The van der Waals surface area contributed by atoms with E-state index in [0.717, 1.165) is 96.3 Å². The molecule has 0 heterocycles. The standard InChI is InChI=1S/C65H112NO8P/c1-3-5-7-9-11-13-15-17-19-21-23-25-27-29-30-31-32-34-36-38-40-42-44-46-48-50-52-54-56-58-65(68)74-63(62-73-75(69,70)72-60-59-66)61-71-64(67)57-55-53-51-49-47-45-43-41-39-37-35-33-28-26-24-22-20-18-16-14-12-10-8-6-4-2/h5,7,11,13,17,19,22-25,29-30,32,34,38,40,44,46,63H,3-4,6,8-10,12,14-16,18,20-21,26-28,31,33,35-37,39,41-43,45,47-62,66H2,1-2H3,(H,69,70)/b7-5-,13-11-,19-17-,24-22-,25-23-,30-29-,34-32-,40-38-,46-44-. The van der Waals surface area contributed by atoms with Crippen LogP contribution in [0.2, 0.25) is 0 Å². The van der Waals surface area contributed by atoms with Crippen molar-refractivity contribution in [3.05, 3.63) is 109 Å². The van der Waals surface area contributed by atoms with Crippen LogP contribution in [0.4, 0.5) is 0 Å². The number of nitrogens with two attached hydrogens (primary N) is 1. The lowest BCUT2D eigenvalue weighted by Crippen LogP contribution is -2.29. The molecule has 0 saturated carbocycles. The number of ether oxygens (including phenoxy) is 2. The van der Waals surface area contributed by atoms with Crippen LogP contribution in [0.15, 0.2) is 109 Å². The zero-order valence-electron chi connectivity index (χ0n) is 48.0. The number of phosphoric acid groups is 1. The molecular formula is C65H112NO8P. The van der Waals surface area contributed by atoms with E-state index in [1.807, 2.05) is 0 Å². The first-order chi connectivity index (χ1) is 36.8. The van der Waals surface area contributed by atoms with Crippen molar-refractivity contribution >= 4 is 19.8 Å². The molecular weight excluding hydrogens is 954 g/mol. The van der Waals surface area contributed by atoms with Gasteiger partial charge in [-0.25, -0.2) is 4.57 Å². The lowest BCUT2D eigenvalue weighted by atomic mass is 10.0. The molecule has 0 bridgehead atoms. The van der Waals surface area contributed by atoms with E-state index in [0.29, 0.717) is 6.42 Å². The Morgan fingerprint density at radius 1 is 0.413 bits per heavy atom. The number of hydrogen-bond acceptors (Lipinski definition) is 8. The number of carbonyl (C=O) groups is 2. The Morgan fingerprint density at radius 2 is 0.733 bits per heavy atom. The summed E-state index contributed by atoms with van der Waals surface area (Å²) in [7, 11) is -4.40. The summed E-state index contributed by atoms with van der Waals surface area (Å²) in [5.74, 6) is -0.858. The third-order valence-electron chi connectivity index (χ3n) is 12.6. The van der Waals surface area contributed by atoms with Crippen LogP contribution in [0.25, 0.3) is 0 Å². The number of hydrogen-bond donors (Lipinski definition) is 2. The zero-order chi connectivity index (χ0) is 54.5. The van der Waals surface area contributed by atoms with Crippen LogP contribution < -0.4 is 5.73 Å². The molecule has 2 unspecified atom stereocenters. The number of allylic oxidation sites excluding steroid dienone is 18. The molecule has 9 nitrogen and oxygen atoms in total. The monoisotopic (exact) mass is 1070 g/mol. The van der Waals surface area contributed by atoms with E-state index in [1.54, 1.807) is 0 Å². The maximum Gasteiger partial charge on any atom is 0.472 e. The average Bonchev–Trinajstić information content (AvgIpc) is 3.40. The fraction of sp³-hybridized carbons (Fsp3) is 0.692. The SMILES string of the molecule is CC/C=C\C/C=C\C/C=C\C/C=C\C/C=C\C/C=C\C/C=C\C/C=C\CCCCCCC(=O)OC(COC(=O)CCCCCCCCCCCCCCC/C=C\CCCCCCCCCC)COP(=O)(O)OCCN. The molecule has 0 aromatic rings. The zero-order valence-corrected chi connectivity index (χ0v) is 48.9. The smallest absolute Gasteiger partial charge is 0.462 e. The lowest BCUT2D eigenvalue weighted by Gasteiger charge is -2.19. The van der Waals surface area contributed by atoms with Crippen LogP contribution >= 0.6 is 7.82 Å². The van der Waals surface area contributed by atoms with E-state index in [2.05, 4.69) is 123 Å². The summed E-state index contributed by atoms with van der Waals surface area (Å²) in [4.78, 5) is 35.2. The van der Waals surface area contributed by atoms with Crippen LogP contribution in [-0.2, 0) is 32.7 Å². The van der Waals surface area contributed by atoms with Gasteiger partial charge in [-0.15, -0.1) is 0 Å². The topological polar surface area (TPSA) is 134 Å². The van der Waals surface area contributed by atoms with E-state index in [-0.39, 0.29) is 38.6 Å². The fourth-order valence-electron chi connectivity index (χ4n) is 8.18. The predicted molar refractivity (Wildman–Crippen MR) is 321 cm³/mol. The Bertz CT molecular complexity index is 1590. The summed E-state index contributed by atoms with van der Waals surface area (Å²) in [5.41, 5.74) is 5.38. The minimum Gasteiger partial charge on any atom is -0.462 e. The molecule has 0 aliphatic carbocycles. The molecule has 430 valence electrons. The van der Waals surface area contributed by atoms with Gasteiger partial charge >= 0.3 is 19.8 Å². The summed E-state index contributed by atoms with van der Waals surface area (Å²) in [6, 6.07) is 0. The van der Waals surface area contributed by atoms with Crippen molar-refractivity contribution in [2.75, 3.05) is 26.4 Å². The average molecular weight is 1070 g/mol. The normalized spacial score (nSPS) is 13.8. The van der Waals surface area contributed by atoms with E-state index in [4.69, 9.17) is 24.3 Å². The Hall–Kier alpha value is -3.33. The first-order valence-electron chi connectivity index (χ1n) is 30.4. The van der Waals surface area contributed by atoms with Crippen LogP contribution in [0.3, 0.4) is 0 Å². The molecule has 2 atom stereocenters. The molecule has 0 rings (SSSR count). The van der Waals surface area contributed by atoms with Gasteiger partial charge in [-0.3, -0.25) is 18.6 Å². The molecule has 0 radical (unpaired) electrons. The van der Waals surface area contributed by atoms with Gasteiger partial charge in [0.15, 0.2) is 6.10 Å². The quantitative estimate of drug-likeness (QED) is 0.0264. The second-order valence-corrected chi connectivity index (χ2v) is 21.3. The number of carbonyl (C=O) groups excluding carboxylic acids is 2. The second kappa shape index (κ2) is 59.9. The van der Waals surface area contributed by atoms with Gasteiger partial charge < -0.3 is 20.1 Å². The van der Waals surface area contributed by atoms with Gasteiger partial charge in [-0.1, -0.05) is 252 Å². The Kier molecular flexibility index (Phi) is 57.2. The van der Waals surface area contributed by atoms with Gasteiger partial charge in [-0.05, 0) is 103 Å². The summed E-state index contributed by atoms with van der Waals surface area (Å²) < 4.78 is 33.0. The molecule has 0 amide bonds. The molecule has 0 saturated heterocycles. The van der Waals surface area contributed by atoms with Crippen LogP contribution in [-0.4, -0.2) is 49.3 Å². The lowest BCUT2D eigenvalue weighted by molar-refractivity contribution is -0.161. The third kappa shape index (κ3) is 59.8. The highest BCUT2D eigenvalue weighted by Crippen LogP contribution is 2.43. The third-order valence-corrected chi connectivity index (χ3v) is 13.6. The van der Waals surface area contributed by atoms with Crippen LogP contribution in [0, 0.1) is 0 Å². The Labute approximate surface area is 460 Å². The minimum atomic E-state index is -4.40. The van der Waals surface area contributed by atoms with Crippen molar-refractivity contribution in [2.45, 2.75) is 264 Å². The van der Waals surface area contributed by atoms with Crippen molar-refractivity contribution in [3.63, 3.8) is 0 Å². The Morgan fingerprint density at radius 3 is 1.11 bits per heavy atom. The van der Waals surface area contributed by atoms with Gasteiger partial charge in [-0.2, -0.15) is 0 Å². The van der Waals surface area contributed by atoms with Gasteiger partial charge in [0.25, 0.3) is 0 Å². The second-order valence-electron chi connectivity index (χ2n) is 19.8. The van der Waals surface area contributed by atoms with Gasteiger partial charge in [0.05, 0.1) is 13.2 Å². The van der Waals surface area contributed by atoms with Gasteiger partial charge in [0.2, 0.25) is 0 Å². The molecule has 0 aromatic carbocycles. The largest absolute Gasteiger partial charge is 0.472 e. The molecule has 0 aliphatic heterocycles. The number of unbranched alkanes of at least 4 members (excludes halogenated alkanes) is 25. The first kappa shape index (κ1) is 71.7. The van der Waals surface area contributed by atoms with E-state index < -0.39 is 26.5 Å². The predicted octanol–water partition coefficient (Wildman–Crippen LogP) is 19.4. The fourth-order valence-corrected chi connectivity index (χ4v) is 8.94. The highest BCUT2D eigenvalue weighted by atomic mass is 31.2. The van der Waals surface area contributed by atoms with Crippen molar-refractivity contribution in [3.8, 4) is 0 Å². The van der Waals surface area contributed by atoms with Crippen LogP contribution in [0.5, 0.6) is 0 Å². The molecule has 10 heteroatoms. The Balaban J connectivity index is 4.05. The summed E-state index contributed by atoms with van der Waals surface area (Å²) >= 11 is 0. The molecule has 0 aromatic heterocycles. The highest BCUT2D eigenvalue weighted by molar-refractivity contribution is 7.47. The first-order valence-corrected chi connectivity index (χ1v) is 31.9. The molecule has 0 aliphatic rings. The van der Waals surface area contributed by atoms with Gasteiger partial charge in [0.1, 0.15) is 6.61 Å². The molecule has 75 heavy (non-hydrogen) atoms. The number of phosphoric ester groups is 1. The molecule has 3 N–H and O–H groups in total. The maximum atomic E-state index is 12.7. The van der Waals surface area contributed by atoms with Crippen molar-refractivity contribution < 1.29 is 37.6 Å². The summed E-state index contributed by atoms with van der Waals surface area (Å²) in [5, 5.41) is 0. The van der Waals surface area contributed by atoms with E-state index >= 15 is 0 Å². The van der Waals surface area contributed by atoms with Crippen molar-refractivity contribution in [2.24, 2.45) is 5.73 Å². The van der Waals surface area contributed by atoms with E-state index in [1.165, 1.54) is 128 Å². The van der Waals surface area contributed by atoms with Crippen LogP contribution in [0.1, 0.15) is 258 Å². The summed E-state index contributed by atoms with van der Waals surface area (Å²) in [6.07, 6.45) is 81.5. The van der Waals surface area contributed by atoms with Crippen molar-refractivity contribution in [1.29, 1.82) is 0 Å². The molecule has 0 fully saturated rings. The van der Waals surface area contributed by atoms with Gasteiger partial charge in [0, 0.05) is 19.4 Å².